The Kier molecular flexibility index (Phi) is 4.94. The number of carbonyl (C=O) groups excluding carboxylic acids is 1. The highest BCUT2D eigenvalue weighted by Gasteiger charge is 2.09. The normalized spacial score (nSPS) is 10.4. The highest BCUT2D eigenvalue weighted by atomic mass is 79.9. The fraction of sp³-hybridized carbons (Fsp3) is 0.133. The minimum Gasteiger partial charge on any atom is -0.348 e. The van der Waals surface area contributed by atoms with E-state index in [9.17, 15) is 9.18 Å². The summed E-state index contributed by atoms with van der Waals surface area (Å²) in [6.45, 7) is 2.06. The van der Waals surface area contributed by atoms with E-state index in [1.54, 1.807) is 24.3 Å². The summed E-state index contributed by atoms with van der Waals surface area (Å²) in [4.78, 5) is 12.0. The molecule has 0 aliphatic rings. The fourth-order valence-electron chi connectivity index (χ4n) is 1.74. The maximum atomic E-state index is 13.6. The highest BCUT2D eigenvalue weighted by molar-refractivity contribution is 9.10. The summed E-state index contributed by atoms with van der Waals surface area (Å²) in [7, 11) is 0. The van der Waals surface area contributed by atoms with Crippen LogP contribution in [0.3, 0.4) is 0 Å². The van der Waals surface area contributed by atoms with E-state index in [0.717, 1.165) is 14.5 Å². The lowest BCUT2D eigenvalue weighted by molar-refractivity contribution is 0.0950. The third kappa shape index (κ3) is 3.67. The van der Waals surface area contributed by atoms with Gasteiger partial charge in [-0.3, -0.25) is 4.79 Å². The molecule has 5 heteroatoms. The Morgan fingerprint density at radius 1 is 1.20 bits per heavy atom. The summed E-state index contributed by atoms with van der Waals surface area (Å²) < 4.78 is 15.3. The van der Waals surface area contributed by atoms with Crippen molar-refractivity contribution < 1.29 is 9.18 Å². The lowest BCUT2D eigenvalue weighted by Crippen LogP contribution is -2.23. The molecule has 0 saturated carbocycles. The Morgan fingerprint density at radius 2 is 1.95 bits per heavy atom. The third-order valence-electron chi connectivity index (χ3n) is 2.87. The average Bonchev–Trinajstić information content (AvgIpc) is 2.42. The molecule has 0 spiro atoms. The molecule has 0 atom stereocenters. The zero-order valence-electron chi connectivity index (χ0n) is 10.7. The first kappa shape index (κ1) is 15.2. The largest absolute Gasteiger partial charge is 0.348 e. The first-order valence-electron chi connectivity index (χ1n) is 5.95. The number of amides is 1. The van der Waals surface area contributed by atoms with E-state index in [1.165, 1.54) is 6.07 Å². The lowest BCUT2D eigenvalue weighted by Gasteiger charge is -2.08. The van der Waals surface area contributed by atoms with E-state index in [1.807, 2.05) is 13.0 Å². The van der Waals surface area contributed by atoms with Crippen molar-refractivity contribution in [2.75, 3.05) is 0 Å². The highest BCUT2D eigenvalue weighted by Crippen LogP contribution is 2.18. The van der Waals surface area contributed by atoms with Gasteiger partial charge in [-0.05, 0) is 48.9 Å². The van der Waals surface area contributed by atoms with E-state index in [-0.39, 0.29) is 18.3 Å². The maximum Gasteiger partial charge on any atom is 0.251 e. The molecule has 1 amide bonds. The summed E-state index contributed by atoms with van der Waals surface area (Å²) in [6, 6.07) is 9.99. The van der Waals surface area contributed by atoms with Crippen molar-refractivity contribution in [3.63, 3.8) is 0 Å². The van der Waals surface area contributed by atoms with Crippen LogP contribution in [-0.4, -0.2) is 5.91 Å². The van der Waals surface area contributed by atoms with E-state index >= 15 is 0 Å². The molecular formula is C15H12Br2FNO. The van der Waals surface area contributed by atoms with Crippen LogP contribution in [0.15, 0.2) is 45.3 Å². The number of benzene rings is 2. The number of hydrogen-bond acceptors (Lipinski definition) is 1. The van der Waals surface area contributed by atoms with Crippen molar-refractivity contribution in [3.8, 4) is 0 Å². The quantitative estimate of drug-likeness (QED) is 0.802. The smallest absolute Gasteiger partial charge is 0.251 e. The molecule has 0 bridgehead atoms. The SMILES string of the molecule is Cc1cc(C(=O)NCc2cc(Br)ccc2F)ccc1Br. The lowest BCUT2D eigenvalue weighted by atomic mass is 10.1. The Hall–Kier alpha value is -1.20. The summed E-state index contributed by atoms with van der Waals surface area (Å²) in [5.74, 6) is -0.555. The zero-order chi connectivity index (χ0) is 14.7. The molecule has 20 heavy (non-hydrogen) atoms. The topological polar surface area (TPSA) is 29.1 Å². The van der Waals surface area contributed by atoms with E-state index in [0.29, 0.717) is 11.1 Å². The van der Waals surface area contributed by atoms with Crippen LogP contribution in [0.4, 0.5) is 4.39 Å². The number of aryl methyl sites for hydroxylation is 1. The first-order valence-corrected chi connectivity index (χ1v) is 7.54. The van der Waals surface area contributed by atoms with E-state index in [4.69, 9.17) is 0 Å². The molecule has 2 aromatic rings. The van der Waals surface area contributed by atoms with Crippen LogP contribution >= 0.6 is 31.9 Å². The number of halogens is 3. The number of nitrogens with one attached hydrogen (secondary N) is 1. The van der Waals surface area contributed by atoms with Gasteiger partial charge < -0.3 is 5.32 Å². The summed E-state index contributed by atoms with van der Waals surface area (Å²) in [5, 5.41) is 2.71. The van der Waals surface area contributed by atoms with Crippen LogP contribution in [0, 0.1) is 12.7 Å². The van der Waals surface area contributed by atoms with Crippen molar-refractivity contribution >= 4 is 37.8 Å². The fourth-order valence-corrected chi connectivity index (χ4v) is 2.40. The Labute approximate surface area is 133 Å². The van der Waals surface area contributed by atoms with Crippen LogP contribution in [0.5, 0.6) is 0 Å². The molecule has 0 radical (unpaired) electrons. The molecular weight excluding hydrogens is 389 g/mol. The molecule has 0 saturated heterocycles. The first-order chi connectivity index (χ1) is 9.47. The monoisotopic (exact) mass is 399 g/mol. The van der Waals surface area contributed by atoms with Gasteiger partial charge in [0.15, 0.2) is 0 Å². The van der Waals surface area contributed by atoms with Crippen LogP contribution in [0.2, 0.25) is 0 Å². The molecule has 2 rings (SSSR count). The molecule has 0 unspecified atom stereocenters. The summed E-state index contributed by atoms with van der Waals surface area (Å²) >= 11 is 6.67. The van der Waals surface area contributed by atoms with Crippen LogP contribution in [0.25, 0.3) is 0 Å². The van der Waals surface area contributed by atoms with E-state index in [2.05, 4.69) is 37.2 Å². The van der Waals surface area contributed by atoms with Gasteiger partial charge in [-0.1, -0.05) is 31.9 Å². The van der Waals surface area contributed by atoms with Crippen molar-refractivity contribution in [2.45, 2.75) is 13.5 Å². The molecule has 2 aromatic carbocycles. The van der Waals surface area contributed by atoms with Crippen LogP contribution < -0.4 is 5.32 Å². The third-order valence-corrected chi connectivity index (χ3v) is 4.25. The Morgan fingerprint density at radius 3 is 2.65 bits per heavy atom. The predicted molar refractivity (Wildman–Crippen MR) is 84.1 cm³/mol. The number of hydrogen-bond donors (Lipinski definition) is 1. The molecule has 104 valence electrons. The second-order valence-electron chi connectivity index (χ2n) is 4.38. The summed E-state index contributed by atoms with van der Waals surface area (Å²) in [6.07, 6.45) is 0. The Balaban J connectivity index is 2.08. The van der Waals surface area contributed by atoms with Gasteiger partial charge in [0.25, 0.3) is 5.91 Å². The average molecular weight is 401 g/mol. The van der Waals surface area contributed by atoms with Crippen LogP contribution in [0.1, 0.15) is 21.5 Å². The van der Waals surface area contributed by atoms with Crippen LogP contribution in [-0.2, 0) is 6.54 Å². The van der Waals surface area contributed by atoms with Gasteiger partial charge in [-0.2, -0.15) is 0 Å². The summed E-state index contributed by atoms with van der Waals surface area (Å²) in [5.41, 5.74) is 1.98. The van der Waals surface area contributed by atoms with Gasteiger partial charge in [-0.25, -0.2) is 4.39 Å². The van der Waals surface area contributed by atoms with Gasteiger partial charge in [0.1, 0.15) is 5.82 Å². The predicted octanol–water partition coefficient (Wildman–Crippen LogP) is 4.59. The molecule has 0 aromatic heterocycles. The molecule has 0 aliphatic carbocycles. The molecule has 0 fully saturated rings. The molecule has 0 aliphatic heterocycles. The second kappa shape index (κ2) is 6.50. The van der Waals surface area contributed by atoms with Crippen molar-refractivity contribution in [2.24, 2.45) is 0 Å². The van der Waals surface area contributed by atoms with Gasteiger partial charge in [0, 0.05) is 26.6 Å². The standard InChI is InChI=1S/C15H12Br2FNO/c1-9-6-10(2-4-13(9)17)15(20)19-8-11-7-12(16)3-5-14(11)18/h2-7H,8H2,1H3,(H,19,20). The number of rotatable bonds is 3. The van der Waals surface area contributed by atoms with Crippen molar-refractivity contribution in [1.29, 1.82) is 0 Å². The molecule has 1 N–H and O–H groups in total. The van der Waals surface area contributed by atoms with Crippen molar-refractivity contribution in [1.82, 2.24) is 5.32 Å². The molecule has 2 nitrogen and oxygen atoms in total. The van der Waals surface area contributed by atoms with Gasteiger partial charge in [0.2, 0.25) is 0 Å². The zero-order valence-corrected chi connectivity index (χ0v) is 13.9. The Bertz CT molecular complexity index is 658. The second-order valence-corrected chi connectivity index (χ2v) is 6.15. The minimum absolute atomic E-state index is 0.152. The minimum atomic E-state index is -0.333. The van der Waals surface area contributed by atoms with Crippen molar-refractivity contribution in [3.05, 3.63) is 67.9 Å². The van der Waals surface area contributed by atoms with Gasteiger partial charge >= 0.3 is 0 Å². The number of carbonyl (C=O) groups is 1. The van der Waals surface area contributed by atoms with E-state index < -0.39 is 0 Å². The van der Waals surface area contributed by atoms with Gasteiger partial charge in [0.05, 0.1) is 0 Å². The van der Waals surface area contributed by atoms with Gasteiger partial charge in [-0.15, -0.1) is 0 Å². The maximum absolute atomic E-state index is 13.6. The molecule has 0 heterocycles.